The van der Waals surface area contributed by atoms with Gasteiger partial charge in [-0.25, -0.2) is 4.39 Å². The monoisotopic (exact) mass is 376 g/mol. The highest BCUT2D eigenvalue weighted by molar-refractivity contribution is 5.60. The molecular weight excluding hydrogens is 362 g/mol. The first-order valence-electron chi connectivity index (χ1n) is 8.24. The van der Waals surface area contributed by atoms with Crippen LogP contribution in [0.4, 0.5) is 17.6 Å². The van der Waals surface area contributed by atoms with Crippen molar-refractivity contribution in [3.05, 3.63) is 64.9 Å². The van der Waals surface area contributed by atoms with E-state index in [4.69, 9.17) is 10.2 Å². The number of nitrogens with two attached hydrogens (primary N) is 1. The molecule has 1 aliphatic carbocycles. The molecule has 0 aliphatic heterocycles. The van der Waals surface area contributed by atoms with E-state index >= 15 is 0 Å². The quantitative estimate of drug-likeness (QED) is 0.667. The van der Waals surface area contributed by atoms with Gasteiger partial charge in [0.1, 0.15) is 5.82 Å². The Bertz CT molecular complexity index is 997. The number of aromatic nitrogens is 2. The maximum Gasteiger partial charge on any atom is 0.419 e. The molecule has 2 N–H and O–H groups in total. The fourth-order valence-corrected chi connectivity index (χ4v) is 3.13. The number of rotatable bonds is 2. The number of benzene rings is 2. The fraction of sp³-hybridized carbons (Fsp3) is 0.211. The lowest BCUT2D eigenvalue weighted by Gasteiger charge is -2.20. The van der Waals surface area contributed by atoms with Gasteiger partial charge in [0, 0.05) is 17.2 Å². The van der Waals surface area contributed by atoms with Crippen LogP contribution in [-0.2, 0) is 19.0 Å². The lowest BCUT2D eigenvalue weighted by Crippen LogP contribution is -2.19. The maximum atomic E-state index is 13.8. The van der Waals surface area contributed by atoms with Crippen molar-refractivity contribution in [3.8, 4) is 22.9 Å². The van der Waals surface area contributed by atoms with Gasteiger partial charge in [-0.2, -0.15) is 13.2 Å². The molecular formula is C19H14F4N3O. The molecule has 27 heavy (non-hydrogen) atoms. The van der Waals surface area contributed by atoms with Crippen LogP contribution in [0.5, 0.6) is 0 Å². The molecule has 4 nitrogen and oxygen atoms in total. The van der Waals surface area contributed by atoms with Crippen LogP contribution >= 0.6 is 0 Å². The summed E-state index contributed by atoms with van der Waals surface area (Å²) in [6, 6.07) is 9.13. The molecule has 0 bridgehead atoms. The van der Waals surface area contributed by atoms with Crippen molar-refractivity contribution in [1.29, 1.82) is 0 Å². The van der Waals surface area contributed by atoms with E-state index in [0.29, 0.717) is 18.1 Å². The van der Waals surface area contributed by atoms with E-state index < -0.39 is 17.6 Å². The van der Waals surface area contributed by atoms with Crippen LogP contribution in [0.15, 0.2) is 40.8 Å². The van der Waals surface area contributed by atoms with Crippen molar-refractivity contribution in [2.45, 2.75) is 25.4 Å². The molecule has 0 saturated carbocycles. The van der Waals surface area contributed by atoms with Crippen molar-refractivity contribution < 1.29 is 22.0 Å². The Morgan fingerprint density at radius 1 is 0.889 bits per heavy atom. The van der Waals surface area contributed by atoms with Crippen LogP contribution in [0.3, 0.4) is 0 Å². The first kappa shape index (κ1) is 17.7. The third-order valence-corrected chi connectivity index (χ3v) is 4.53. The lowest BCUT2D eigenvalue weighted by atomic mass is 9.87. The normalized spacial score (nSPS) is 15.0. The first-order valence-corrected chi connectivity index (χ1v) is 8.24. The summed E-state index contributed by atoms with van der Waals surface area (Å²) in [5, 5.41) is 7.76. The lowest BCUT2D eigenvalue weighted by molar-refractivity contribution is -0.139. The SMILES string of the molecule is N[C]1CCc2ccc(-c3nnc(-c4ccc(C(F)(F)F)c(F)c4)o3)cc2C1. The minimum absolute atomic E-state index is 0.0542. The van der Waals surface area contributed by atoms with Gasteiger partial charge in [0.05, 0.1) is 5.56 Å². The van der Waals surface area contributed by atoms with E-state index in [2.05, 4.69) is 10.2 Å². The summed E-state index contributed by atoms with van der Waals surface area (Å²) in [5.41, 5.74) is 7.63. The standard InChI is InChI=1S/C19H14F4N3O/c20-16-9-12(4-6-15(16)19(21,22)23)18-26-25-17(27-18)11-2-1-10-3-5-14(24)8-13(10)7-11/h1-2,4,6-7,9H,3,5,8,24H2. The van der Waals surface area contributed by atoms with Crippen LogP contribution < -0.4 is 5.73 Å². The van der Waals surface area contributed by atoms with E-state index in [1.54, 1.807) is 0 Å². The first-order chi connectivity index (χ1) is 12.8. The zero-order valence-electron chi connectivity index (χ0n) is 14.0. The number of aryl methyl sites for hydroxylation is 1. The van der Waals surface area contributed by atoms with Gasteiger partial charge in [0.25, 0.3) is 0 Å². The fourth-order valence-electron chi connectivity index (χ4n) is 3.13. The molecule has 4 rings (SSSR count). The molecule has 0 amide bonds. The Hall–Kier alpha value is -2.74. The van der Waals surface area contributed by atoms with Crippen LogP contribution in [-0.4, -0.2) is 10.2 Å². The largest absolute Gasteiger partial charge is 0.419 e. The second-order valence-corrected chi connectivity index (χ2v) is 6.42. The topological polar surface area (TPSA) is 64.9 Å². The van der Waals surface area contributed by atoms with E-state index in [-0.39, 0.29) is 17.3 Å². The van der Waals surface area contributed by atoms with E-state index in [0.717, 1.165) is 36.6 Å². The van der Waals surface area contributed by atoms with Crippen molar-refractivity contribution in [2.24, 2.45) is 5.73 Å². The number of halogens is 4. The van der Waals surface area contributed by atoms with E-state index in [1.807, 2.05) is 18.2 Å². The summed E-state index contributed by atoms with van der Waals surface area (Å²) in [4.78, 5) is 0. The van der Waals surface area contributed by atoms with Gasteiger partial charge in [-0.1, -0.05) is 6.07 Å². The summed E-state index contributed by atoms with van der Waals surface area (Å²) >= 11 is 0. The Kier molecular flexibility index (Phi) is 4.22. The highest BCUT2D eigenvalue weighted by Crippen LogP contribution is 2.34. The van der Waals surface area contributed by atoms with Gasteiger partial charge in [-0.3, -0.25) is 0 Å². The molecule has 1 radical (unpaired) electrons. The summed E-state index contributed by atoms with van der Waals surface area (Å²) in [7, 11) is 0. The molecule has 8 heteroatoms. The van der Waals surface area contributed by atoms with E-state index in [9.17, 15) is 17.6 Å². The Labute approximate surface area is 152 Å². The smallest absolute Gasteiger partial charge is 0.416 e. The van der Waals surface area contributed by atoms with Crippen LogP contribution in [0.25, 0.3) is 22.9 Å². The third kappa shape index (κ3) is 3.44. The van der Waals surface area contributed by atoms with Gasteiger partial charge in [0.15, 0.2) is 0 Å². The summed E-state index contributed by atoms with van der Waals surface area (Å²) in [6.45, 7) is 0. The molecule has 1 aromatic heterocycles. The number of hydrogen-bond acceptors (Lipinski definition) is 4. The second-order valence-electron chi connectivity index (χ2n) is 6.42. The van der Waals surface area contributed by atoms with Gasteiger partial charge in [-0.05, 0) is 60.7 Å². The number of hydrogen-bond donors (Lipinski definition) is 1. The van der Waals surface area contributed by atoms with Crippen molar-refractivity contribution in [2.75, 3.05) is 0 Å². The zero-order chi connectivity index (χ0) is 19.2. The molecule has 0 atom stereocenters. The van der Waals surface area contributed by atoms with Crippen LogP contribution in [0.1, 0.15) is 23.1 Å². The average molecular weight is 376 g/mol. The van der Waals surface area contributed by atoms with Gasteiger partial charge >= 0.3 is 6.18 Å². The molecule has 1 aliphatic rings. The second kappa shape index (κ2) is 6.45. The predicted molar refractivity (Wildman–Crippen MR) is 89.6 cm³/mol. The maximum absolute atomic E-state index is 13.8. The molecule has 1 heterocycles. The van der Waals surface area contributed by atoms with Gasteiger partial charge in [-0.15, -0.1) is 10.2 Å². The van der Waals surface area contributed by atoms with Crippen LogP contribution in [0, 0.1) is 11.9 Å². The van der Waals surface area contributed by atoms with Gasteiger partial charge in [0.2, 0.25) is 11.8 Å². The molecule has 2 aromatic carbocycles. The van der Waals surface area contributed by atoms with Crippen molar-refractivity contribution in [3.63, 3.8) is 0 Å². The highest BCUT2D eigenvalue weighted by Gasteiger charge is 2.34. The van der Waals surface area contributed by atoms with Crippen molar-refractivity contribution >= 4 is 0 Å². The zero-order valence-corrected chi connectivity index (χ0v) is 14.0. The molecule has 139 valence electrons. The highest BCUT2D eigenvalue weighted by atomic mass is 19.4. The van der Waals surface area contributed by atoms with Crippen LogP contribution in [0.2, 0.25) is 0 Å². The predicted octanol–water partition coefficient (Wildman–Crippen LogP) is 4.54. The summed E-state index contributed by atoms with van der Waals surface area (Å²) < 4.78 is 57.3. The summed E-state index contributed by atoms with van der Waals surface area (Å²) in [5.74, 6) is -1.24. The Morgan fingerprint density at radius 3 is 2.22 bits per heavy atom. The number of fused-ring (bicyclic) bond motifs is 1. The number of alkyl halides is 3. The van der Waals surface area contributed by atoms with Crippen molar-refractivity contribution in [1.82, 2.24) is 10.2 Å². The number of nitrogens with zero attached hydrogens (tertiary/aromatic N) is 2. The molecule has 0 fully saturated rings. The minimum Gasteiger partial charge on any atom is -0.416 e. The molecule has 0 saturated heterocycles. The molecule has 3 aromatic rings. The molecule has 0 unspecified atom stereocenters. The minimum atomic E-state index is -4.76. The average Bonchev–Trinajstić information content (AvgIpc) is 3.10. The summed E-state index contributed by atoms with van der Waals surface area (Å²) in [6.07, 6.45) is -2.35. The van der Waals surface area contributed by atoms with E-state index in [1.165, 1.54) is 5.56 Å². The Morgan fingerprint density at radius 2 is 1.56 bits per heavy atom. The third-order valence-electron chi connectivity index (χ3n) is 4.53. The van der Waals surface area contributed by atoms with Gasteiger partial charge < -0.3 is 10.2 Å². The Balaban J connectivity index is 1.65. The molecule has 0 spiro atoms.